The lowest BCUT2D eigenvalue weighted by Crippen LogP contribution is -2.03. The zero-order valence-electron chi connectivity index (χ0n) is 9.98. The van der Waals surface area contributed by atoms with Gasteiger partial charge in [-0.15, -0.1) is 0 Å². The van der Waals surface area contributed by atoms with Crippen LogP contribution in [0, 0.1) is 0 Å². The van der Waals surface area contributed by atoms with E-state index in [4.69, 9.17) is 4.52 Å². The van der Waals surface area contributed by atoms with Gasteiger partial charge in [-0.3, -0.25) is 0 Å². The molecule has 17 heavy (non-hydrogen) atoms. The van der Waals surface area contributed by atoms with E-state index in [-0.39, 0.29) is 0 Å². The number of hydrogen-bond donors (Lipinski definition) is 0. The first kappa shape index (κ1) is 10.6. The zero-order chi connectivity index (χ0) is 11.5. The highest BCUT2D eigenvalue weighted by atomic mass is 16.5. The standard InChI is InChI=1S/C15H17NO/c1-2-6-12(7-3-1)10-11-15-13-8-4-5-9-14(13)16-17-15/h1-3,6-7H,4-5,8-11H2. The summed E-state index contributed by atoms with van der Waals surface area (Å²) in [6.07, 6.45) is 6.83. The van der Waals surface area contributed by atoms with E-state index in [1.54, 1.807) is 0 Å². The summed E-state index contributed by atoms with van der Waals surface area (Å²) in [5, 5.41) is 4.19. The summed E-state index contributed by atoms with van der Waals surface area (Å²) < 4.78 is 5.49. The van der Waals surface area contributed by atoms with Gasteiger partial charge in [0.05, 0.1) is 5.69 Å². The number of hydrogen-bond acceptors (Lipinski definition) is 2. The first-order valence-electron chi connectivity index (χ1n) is 6.44. The topological polar surface area (TPSA) is 26.0 Å². The average Bonchev–Trinajstić information content (AvgIpc) is 2.81. The summed E-state index contributed by atoms with van der Waals surface area (Å²) >= 11 is 0. The zero-order valence-corrected chi connectivity index (χ0v) is 9.98. The minimum absolute atomic E-state index is 0.979. The number of benzene rings is 1. The molecule has 0 fully saturated rings. The molecule has 0 saturated heterocycles. The highest BCUT2D eigenvalue weighted by molar-refractivity contribution is 5.26. The lowest BCUT2D eigenvalue weighted by molar-refractivity contribution is 0.377. The molecule has 2 heteroatoms. The molecule has 2 aromatic rings. The summed E-state index contributed by atoms with van der Waals surface area (Å²) in [5.74, 6) is 1.11. The van der Waals surface area contributed by atoms with Gasteiger partial charge in [0.1, 0.15) is 5.76 Å². The Morgan fingerprint density at radius 2 is 1.82 bits per heavy atom. The molecule has 0 atom stereocenters. The van der Waals surface area contributed by atoms with Gasteiger partial charge in [0, 0.05) is 12.0 Å². The summed E-state index contributed by atoms with van der Waals surface area (Å²) in [5.41, 5.74) is 3.97. The molecule has 1 heterocycles. The van der Waals surface area contributed by atoms with Gasteiger partial charge in [-0.1, -0.05) is 35.5 Å². The number of nitrogens with zero attached hydrogens (tertiary/aromatic N) is 1. The first-order valence-corrected chi connectivity index (χ1v) is 6.44. The third kappa shape index (κ3) is 2.26. The normalized spacial score (nSPS) is 14.6. The Hall–Kier alpha value is -1.57. The van der Waals surface area contributed by atoms with Gasteiger partial charge in [0.25, 0.3) is 0 Å². The molecule has 1 aliphatic carbocycles. The van der Waals surface area contributed by atoms with Gasteiger partial charge in [-0.05, 0) is 37.7 Å². The van der Waals surface area contributed by atoms with E-state index in [1.165, 1.54) is 29.7 Å². The Balaban J connectivity index is 1.71. The predicted octanol–water partition coefficient (Wildman–Crippen LogP) is 3.34. The van der Waals surface area contributed by atoms with Crippen molar-refractivity contribution in [2.75, 3.05) is 0 Å². The van der Waals surface area contributed by atoms with Crippen molar-refractivity contribution in [3.63, 3.8) is 0 Å². The molecule has 0 N–H and O–H groups in total. The van der Waals surface area contributed by atoms with E-state index < -0.39 is 0 Å². The Morgan fingerprint density at radius 3 is 2.71 bits per heavy atom. The van der Waals surface area contributed by atoms with Crippen molar-refractivity contribution in [1.82, 2.24) is 5.16 Å². The molecule has 1 aliphatic rings. The van der Waals surface area contributed by atoms with Crippen LogP contribution in [0.15, 0.2) is 34.9 Å². The van der Waals surface area contributed by atoms with E-state index in [2.05, 4.69) is 35.5 Å². The van der Waals surface area contributed by atoms with E-state index in [0.29, 0.717) is 0 Å². The van der Waals surface area contributed by atoms with Gasteiger partial charge >= 0.3 is 0 Å². The van der Waals surface area contributed by atoms with Crippen molar-refractivity contribution < 1.29 is 4.52 Å². The molecule has 0 bridgehead atoms. The summed E-state index contributed by atoms with van der Waals surface area (Å²) in [7, 11) is 0. The number of aromatic nitrogens is 1. The second-order valence-electron chi connectivity index (χ2n) is 4.72. The Kier molecular flexibility index (Phi) is 2.95. The SMILES string of the molecule is c1ccc(CCc2onc3c2CCCC3)cc1. The smallest absolute Gasteiger partial charge is 0.140 e. The maximum Gasteiger partial charge on any atom is 0.140 e. The molecule has 0 amide bonds. The van der Waals surface area contributed by atoms with E-state index in [1.807, 2.05) is 0 Å². The Bertz CT molecular complexity index is 487. The van der Waals surface area contributed by atoms with Crippen LogP contribution in [-0.2, 0) is 25.7 Å². The van der Waals surface area contributed by atoms with Crippen LogP contribution in [0.25, 0.3) is 0 Å². The van der Waals surface area contributed by atoms with Crippen LogP contribution in [0.4, 0.5) is 0 Å². The molecular weight excluding hydrogens is 210 g/mol. The Morgan fingerprint density at radius 1 is 1.00 bits per heavy atom. The lowest BCUT2D eigenvalue weighted by atomic mass is 9.94. The van der Waals surface area contributed by atoms with Crippen LogP contribution in [0.3, 0.4) is 0 Å². The van der Waals surface area contributed by atoms with Crippen LogP contribution in [0.5, 0.6) is 0 Å². The third-order valence-corrected chi connectivity index (χ3v) is 3.52. The molecule has 1 aromatic heterocycles. The molecule has 0 unspecified atom stereocenters. The molecule has 0 radical (unpaired) electrons. The minimum Gasteiger partial charge on any atom is -0.361 e. The van der Waals surface area contributed by atoms with Crippen molar-refractivity contribution in [2.45, 2.75) is 38.5 Å². The largest absolute Gasteiger partial charge is 0.361 e. The number of aryl methyl sites for hydroxylation is 3. The van der Waals surface area contributed by atoms with Crippen LogP contribution in [0.2, 0.25) is 0 Å². The first-order chi connectivity index (χ1) is 8.43. The quantitative estimate of drug-likeness (QED) is 0.803. The van der Waals surface area contributed by atoms with E-state index in [0.717, 1.165) is 31.4 Å². The van der Waals surface area contributed by atoms with Gasteiger partial charge < -0.3 is 4.52 Å². The predicted molar refractivity (Wildman–Crippen MR) is 67.0 cm³/mol. The monoisotopic (exact) mass is 227 g/mol. The molecule has 2 nitrogen and oxygen atoms in total. The molecule has 0 aliphatic heterocycles. The second kappa shape index (κ2) is 4.74. The lowest BCUT2D eigenvalue weighted by Gasteiger charge is -2.09. The molecule has 1 aromatic carbocycles. The molecule has 3 rings (SSSR count). The van der Waals surface area contributed by atoms with Gasteiger partial charge in [0.2, 0.25) is 0 Å². The highest BCUT2D eigenvalue weighted by Gasteiger charge is 2.18. The van der Waals surface area contributed by atoms with E-state index >= 15 is 0 Å². The highest BCUT2D eigenvalue weighted by Crippen LogP contribution is 2.24. The summed E-state index contributed by atoms with van der Waals surface area (Å²) in [6, 6.07) is 10.6. The summed E-state index contributed by atoms with van der Waals surface area (Å²) in [4.78, 5) is 0. The van der Waals surface area contributed by atoms with Crippen molar-refractivity contribution in [3.8, 4) is 0 Å². The van der Waals surface area contributed by atoms with Crippen molar-refractivity contribution in [2.24, 2.45) is 0 Å². The molecular formula is C15H17NO. The Labute approximate surface area is 102 Å². The summed E-state index contributed by atoms with van der Waals surface area (Å²) in [6.45, 7) is 0. The fraction of sp³-hybridized carbons (Fsp3) is 0.400. The van der Waals surface area contributed by atoms with Crippen LogP contribution < -0.4 is 0 Å². The van der Waals surface area contributed by atoms with Crippen molar-refractivity contribution in [1.29, 1.82) is 0 Å². The number of fused-ring (bicyclic) bond motifs is 1. The molecule has 0 saturated carbocycles. The third-order valence-electron chi connectivity index (χ3n) is 3.52. The van der Waals surface area contributed by atoms with E-state index in [9.17, 15) is 0 Å². The molecule has 88 valence electrons. The fourth-order valence-corrected chi connectivity index (χ4v) is 2.55. The average molecular weight is 227 g/mol. The van der Waals surface area contributed by atoms with Crippen molar-refractivity contribution in [3.05, 3.63) is 52.9 Å². The van der Waals surface area contributed by atoms with Crippen LogP contribution >= 0.6 is 0 Å². The van der Waals surface area contributed by atoms with Gasteiger partial charge in [-0.2, -0.15) is 0 Å². The fourth-order valence-electron chi connectivity index (χ4n) is 2.55. The van der Waals surface area contributed by atoms with Crippen molar-refractivity contribution >= 4 is 0 Å². The molecule has 0 spiro atoms. The minimum atomic E-state index is 0.979. The second-order valence-corrected chi connectivity index (χ2v) is 4.72. The van der Waals surface area contributed by atoms with Gasteiger partial charge in [-0.25, -0.2) is 0 Å². The van der Waals surface area contributed by atoms with Crippen LogP contribution in [0.1, 0.15) is 35.4 Å². The maximum atomic E-state index is 5.49. The van der Waals surface area contributed by atoms with Gasteiger partial charge in [0.15, 0.2) is 0 Å². The van der Waals surface area contributed by atoms with Crippen LogP contribution in [-0.4, -0.2) is 5.16 Å². The number of rotatable bonds is 3. The maximum absolute atomic E-state index is 5.49.